The van der Waals surface area contributed by atoms with Gasteiger partial charge in [0.1, 0.15) is 0 Å². The van der Waals surface area contributed by atoms with E-state index in [0.29, 0.717) is 13.0 Å². The first-order chi connectivity index (χ1) is 8.33. The molecule has 0 amide bonds. The van der Waals surface area contributed by atoms with Gasteiger partial charge in [0.2, 0.25) is 0 Å². The second kappa shape index (κ2) is 4.43. The Kier molecular flexibility index (Phi) is 2.79. The molecule has 1 N–H and O–H groups in total. The van der Waals surface area contributed by atoms with Crippen LogP contribution in [0.15, 0.2) is 36.5 Å². The lowest BCUT2D eigenvalue weighted by molar-refractivity contribution is -0.0448. The van der Waals surface area contributed by atoms with E-state index in [-0.39, 0.29) is 12.2 Å². The first-order valence-electron chi connectivity index (χ1n) is 5.97. The molecule has 1 aliphatic rings. The fraction of sp³-hybridized carbons (Fsp3) is 0.357. The number of hydrogen-bond donors (Lipinski definition) is 1. The number of aliphatic hydroxyl groups is 1. The van der Waals surface area contributed by atoms with Crippen molar-refractivity contribution in [3.05, 3.63) is 42.1 Å². The van der Waals surface area contributed by atoms with Crippen molar-refractivity contribution in [1.29, 1.82) is 0 Å². The molecule has 3 nitrogen and oxygen atoms in total. The summed E-state index contributed by atoms with van der Waals surface area (Å²) in [5.74, 6) is 0. The van der Waals surface area contributed by atoms with Crippen molar-refractivity contribution in [2.45, 2.75) is 25.0 Å². The Morgan fingerprint density at radius 1 is 1.29 bits per heavy atom. The molecule has 17 heavy (non-hydrogen) atoms. The van der Waals surface area contributed by atoms with Crippen LogP contribution in [-0.4, -0.2) is 22.8 Å². The number of aliphatic hydroxyl groups excluding tert-OH is 1. The molecule has 0 spiro atoms. The van der Waals surface area contributed by atoms with Crippen molar-refractivity contribution in [2.24, 2.45) is 0 Å². The maximum Gasteiger partial charge on any atom is 0.0864 e. The number of fused-ring (bicyclic) bond motifs is 1. The summed E-state index contributed by atoms with van der Waals surface area (Å²) in [6.45, 7) is 0.624. The Balaban J connectivity index is 1.94. The van der Waals surface area contributed by atoms with Crippen molar-refractivity contribution >= 4 is 10.9 Å². The van der Waals surface area contributed by atoms with E-state index in [1.54, 1.807) is 0 Å². The zero-order valence-electron chi connectivity index (χ0n) is 9.54. The summed E-state index contributed by atoms with van der Waals surface area (Å²) in [5, 5.41) is 10.8. The number of nitrogens with zero attached hydrogens (tertiary/aromatic N) is 1. The monoisotopic (exact) mass is 229 g/mol. The Hall–Kier alpha value is -1.45. The van der Waals surface area contributed by atoms with Crippen LogP contribution in [0.5, 0.6) is 0 Å². The zero-order chi connectivity index (χ0) is 11.7. The summed E-state index contributed by atoms with van der Waals surface area (Å²) in [5.41, 5.74) is 2.05. The van der Waals surface area contributed by atoms with Gasteiger partial charge in [0.25, 0.3) is 0 Å². The molecule has 88 valence electrons. The summed E-state index contributed by atoms with van der Waals surface area (Å²) in [6.07, 6.45) is 2.99. The largest absolute Gasteiger partial charge is 0.393 e. The number of pyridine rings is 1. The minimum absolute atomic E-state index is 0.0177. The number of rotatable bonds is 1. The van der Waals surface area contributed by atoms with Gasteiger partial charge >= 0.3 is 0 Å². The smallest absolute Gasteiger partial charge is 0.0864 e. The van der Waals surface area contributed by atoms with Crippen LogP contribution in [0.1, 0.15) is 24.5 Å². The lowest BCUT2D eigenvalue weighted by Gasteiger charge is -2.26. The fourth-order valence-corrected chi connectivity index (χ4v) is 2.28. The van der Waals surface area contributed by atoms with E-state index in [2.05, 4.69) is 11.1 Å². The van der Waals surface area contributed by atoms with Crippen LogP contribution in [0.25, 0.3) is 10.9 Å². The van der Waals surface area contributed by atoms with Crippen LogP contribution >= 0.6 is 0 Å². The molecule has 1 fully saturated rings. The summed E-state index contributed by atoms with van der Waals surface area (Å²) >= 11 is 0. The first-order valence-corrected chi connectivity index (χ1v) is 5.97. The van der Waals surface area contributed by atoms with Gasteiger partial charge in [0.15, 0.2) is 0 Å². The van der Waals surface area contributed by atoms with Gasteiger partial charge in [-0.1, -0.05) is 18.2 Å². The van der Waals surface area contributed by atoms with Gasteiger partial charge in [-0.05, 0) is 24.1 Å². The summed E-state index contributed by atoms with van der Waals surface area (Å²) in [4.78, 5) is 4.42. The predicted octanol–water partition coefficient (Wildman–Crippen LogP) is 2.45. The van der Waals surface area contributed by atoms with Crippen LogP contribution in [0.3, 0.4) is 0 Å². The third-order valence-electron chi connectivity index (χ3n) is 3.24. The molecule has 0 aliphatic carbocycles. The van der Waals surface area contributed by atoms with Crippen molar-refractivity contribution in [3.63, 3.8) is 0 Å². The minimum Gasteiger partial charge on any atom is -0.393 e. The van der Waals surface area contributed by atoms with Crippen LogP contribution in [0, 0.1) is 0 Å². The Labute approximate surface area is 100 Å². The lowest BCUT2D eigenvalue weighted by atomic mass is 9.99. The van der Waals surface area contributed by atoms with Crippen molar-refractivity contribution in [2.75, 3.05) is 6.61 Å². The minimum atomic E-state index is -0.250. The van der Waals surface area contributed by atoms with E-state index in [1.165, 1.54) is 0 Å². The average molecular weight is 229 g/mol. The molecule has 1 saturated heterocycles. The number of aromatic nitrogens is 1. The Bertz CT molecular complexity index is 526. The van der Waals surface area contributed by atoms with Crippen LogP contribution < -0.4 is 0 Å². The highest BCUT2D eigenvalue weighted by Gasteiger charge is 2.22. The molecule has 2 atom stereocenters. The van der Waals surface area contributed by atoms with Crippen LogP contribution in [-0.2, 0) is 4.74 Å². The highest BCUT2D eigenvalue weighted by atomic mass is 16.5. The maximum absolute atomic E-state index is 9.65. The van der Waals surface area contributed by atoms with E-state index < -0.39 is 0 Å². The van der Waals surface area contributed by atoms with E-state index in [1.807, 2.05) is 30.5 Å². The third kappa shape index (κ3) is 2.16. The van der Waals surface area contributed by atoms with Gasteiger partial charge in [0, 0.05) is 24.6 Å². The normalized spacial score (nSPS) is 25.0. The van der Waals surface area contributed by atoms with Gasteiger partial charge < -0.3 is 9.84 Å². The van der Waals surface area contributed by atoms with Crippen LogP contribution in [0.2, 0.25) is 0 Å². The van der Waals surface area contributed by atoms with Gasteiger partial charge in [-0.2, -0.15) is 0 Å². The molecule has 3 rings (SSSR count). The van der Waals surface area contributed by atoms with Crippen molar-refractivity contribution in [3.8, 4) is 0 Å². The quantitative estimate of drug-likeness (QED) is 0.816. The fourth-order valence-electron chi connectivity index (χ4n) is 2.28. The highest BCUT2D eigenvalue weighted by Crippen LogP contribution is 2.29. The predicted molar refractivity (Wildman–Crippen MR) is 65.7 cm³/mol. The van der Waals surface area contributed by atoms with E-state index in [0.717, 1.165) is 22.9 Å². The van der Waals surface area contributed by atoms with Crippen molar-refractivity contribution < 1.29 is 9.84 Å². The number of hydrogen-bond acceptors (Lipinski definition) is 3. The second-order valence-corrected chi connectivity index (χ2v) is 4.50. The second-order valence-electron chi connectivity index (χ2n) is 4.50. The lowest BCUT2D eigenvalue weighted by Crippen LogP contribution is -2.23. The molecular formula is C14H15NO2. The maximum atomic E-state index is 9.65. The van der Waals surface area contributed by atoms with E-state index in [4.69, 9.17) is 4.74 Å². The highest BCUT2D eigenvalue weighted by molar-refractivity contribution is 5.78. The average Bonchev–Trinajstić information content (AvgIpc) is 2.38. The molecule has 0 bridgehead atoms. The molecule has 0 saturated carbocycles. The molecule has 2 unspecified atom stereocenters. The molecule has 1 aromatic heterocycles. The molecule has 3 heteroatoms. The van der Waals surface area contributed by atoms with E-state index >= 15 is 0 Å². The van der Waals surface area contributed by atoms with Crippen LogP contribution in [0.4, 0.5) is 0 Å². The standard InChI is InChI=1S/C14H15NO2/c16-12-5-6-17-14(8-12)11-7-10-3-1-2-4-13(10)15-9-11/h1-4,7,9,12,14,16H,5-6,8H2. The molecule has 1 aromatic carbocycles. The van der Waals surface area contributed by atoms with Gasteiger partial charge in [-0.15, -0.1) is 0 Å². The third-order valence-corrected chi connectivity index (χ3v) is 3.24. The molecule has 2 aromatic rings. The number of benzene rings is 1. The van der Waals surface area contributed by atoms with E-state index in [9.17, 15) is 5.11 Å². The van der Waals surface area contributed by atoms with Gasteiger partial charge in [-0.25, -0.2) is 0 Å². The summed E-state index contributed by atoms with van der Waals surface area (Å²) in [7, 11) is 0. The molecule has 2 heterocycles. The van der Waals surface area contributed by atoms with Gasteiger partial charge in [0.05, 0.1) is 17.7 Å². The Morgan fingerprint density at radius 3 is 3.06 bits per heavy atom. The molecular weight excluding hydrogens is 214 g/mol. The number of ether oxygens (including phenoxy) is 1. The first kappa shape index (κ1) is 10.7. The van der Waals surface area contributed by atoms with Crippen molar-refractivity contribution in [1.82, 2.24) is 4.98 Å². The Morgan fingerprint density at radius 2 is 2.18 bits per heavy atom. The molecule has 1 aliphatic heterocycles. The summed E-state index contributed by atoms with van der Waals surface area (Å²) < 4.78 is 5.68. The molecule has 0 radical (unpaired) electrons. The van der Waals surface area contributed by atoms with Gasteiger partial charge in [-0.3, -0.25) is 4.98 Å². The summed E-state index contributed by atoms with van der Waals surface area (Å²) in [6, 6.07) is 10.1. The SMILES string of the molecule is OC1CCOC(c2cnc3ccccc3c2)C1. The zero-order valence-corrected chi connectivity index (χ0v) is 9.54. The topological polar surface area (TPSA) is 42.4 Å². The number of para-hydroxylation sites is 1.